The fourth-order valence-electron chi connectivity index (χ4n) is 2.97. The van der Waals surface area contributed by atoms with Gasteiger partial charge in [0, 0.05) is 18.0 Å². The van der Waals surface area contributed by atoms with Gasteiger partial charge in [0.05, 0.1) is 0 Å². The molecule has 0 aliphatic heterocycles. The van der Waals surface area contributed by atoms with Gasteiger partial charge in [-0.15, -0.1) is 12.4 Å². The smallest absolute Gasteiger partial charge is 0.222 e. The van der Waals surface area contributed by atoms with Crippen LogP contribution in [0, 0.1) is 11.8 Å². The fraction of sp³-hybridized carbons (Fsp3) is 0.938. The summed E-state index contributed by atoms with van der Waals surface area (Å²) < 4.78 is 0. The third-order valence-corrected chi connectivity index (χ3v) is 4.88. The standard InChI is InChI=1S/C16H32N2O.ClH/c1-4-16(17,5-2)12-18-15(19)13(3)11-14-9-7-6-8-10-14;/h13-14H,4-12,17H2,1-3H3,(H,18,19);1H. The van der Waals surface area contributed by atoms with Crippen LogP contribution in [0.25, 0.3) is 0 Å². The Bertz CT molecular complexity index is 274. The summed E-state index contributed by atoms with van der Waals surface area (Å²) in [6, 6.07) is 0. The number of hydrogen-bond donors (Lipinski definition) is 2. The monoisotopic (exact) mass is 304 g/mol. The number of rotatable bonds is 7. The van der Waals surface area contributed by atoms with Crippen molar-refractivity contribution >= 4 is 18.3 Å². The second kappa shape index (κ2) is 9.62. The molecule has 4 heteroatoms. The quantitative estimate of drug-likeness (QED) is 0.754. The zero-order valence-electron chi connectivity index (χ0n) is 13.4. The van der Waals surface area contributed by atoms with Crippen molar-refractivity contribution in [2.75, 3.05) is 6.54 Å². The summed E-state index contributed by atoms with van der Waals surface area (Å²) in [4.78, 5) is 12.1. The van der Waals surface area contributed by atoms with E-state index in [9.17, 15) is 4.79 Å². The van der Waals surface area contributed by atoms with Crippen LogP contribution in [-0.2, 0) is 4.79 Å². The Balaban J connectivity index is 0.00000361. The summed E-state index contributed by atoms with van der Waals surface area (Å²) in [6.45, 7) is 6.83. The van der Waals surface area contributed by atoms with Crippen LogP contribution >= 0.6 is 12.4 Å². The molecule has 0 bridgehead atoms. The molecule has 1 aliphatic carbocycles. The lowest BCUT2D eigenvalue weighted by Crippen LogP contribution is -2.50. The molecule has 3 nitrogen and oxygen atoms in total. The van der Waals surface area contributed by atoms with Gasteiger partial charge in [-0.05, 0) is 25.2 Å². The fourth-order valence-corrected chi connectivity index (χ4v) is 2.97. The summed E-state index contributed by atoms with van der Waals surface area (Å²) in [5, 5.41) is 3.05. The van der Waals surface area contributed by atoms with E-state index < -0.39 is 0 Å². The van der Waals surface area contributed by atoms with E-state index >= 15 is 0 Å². The lowest BCUT2D eigenvalue weighted by Gasteiger charge is -2.28. The van der Waals surface area contributed by atoms with Gasteiger partial charge in [-0.1, -0.05) is 52.9 Å². The van der Waals surface area contributed by atoms with Crippen LogP contribution in [0.1, 0.15) is 72.1 Å². The van der Waals surface area contributed by atoms with Crippen molar-refractivity contribution < 1.29 is 4.79 Å². The summed E-state index contributed by atoms with van der Waals surface area (Å²) >= 11 is 0. The number of amides is 1. The highest BCUT2D eigenvalue weighted by molar-refractivity contribution is 5.85. The molecule has 0 aromatic heterocycles. The number of nitrogens with one attached hydrogen (secondary N) is 1. The van der Waals surface area contributed by atoms with Crippen molar-refractivity contribution in [3.05, 3.63) is 0 Å². The van der Waals surface area contributed by atoms with Crippen molar-refractivity contribution in [3.63, 3.8) is 0 Å². The van der Waals surface area contributed by atoms with Crippen molar-refractivity contribution in [2.45, 2.75) is 77.7 Å². The Kier molecular flexibility index (Phi) is 9.48. The molecule has 0 saturated heterocycles. The van der Waals surface area contributed by atoms with E-state index in [4.69, 9.17) is 5.73 Å². The van der Waals surface area contributed by atoms with E-state index in [0.29, 0.717) is 6.54 Å². The van der Waals surface area contributed by atoms with Gasteiger partial charge in [0.15, 0.2) is 0 Å². The molecule has 0 heterocycles. The molecular weight excluding hydrogens is 272 g/mol. The van der Waals surface area contributed by atoms with Crippen LogP contribution < -0.4 is 11.1 Å². The molecule has 1 saturated carbocycles. The SMILES string of the molecule is CCC(N)(CC)CNC(=O)C(C)CC1CCCCC1.Cl. The van der Waals surface area contributed by atoms with Gasteiger partial charge in [0.1, 0.15) is 0 Å². The van der Waals surface area contributed by atoms with E-state index in [1.165, 1.54) is 32.1 Å². The first kappa shape index (κ1) is 19.7. The Labute approximate surface area is 130 Å². The topological polar surface area (TPSA) is 55.1 Å². The van der Waals surface area contributed by atoms with E-state index in [1.54, 1.807) is 0 Å². The number of nitrogens with two attached hydrogens (primary N) is 1. The minimum absolute atomic E-state index is 0. The van der Waals surface area contributed by atoms with Crippen molar-refractivity contribution in [1.82, 2.24) is 5.32 Å². The number of carbonyl (C=O) groups is 1. The Hall–Kier alpha value is -0.280. The van der Waals surface area contributed by atoms with Crippen LogP contribution in [0.4, 0.5) is 0 Å². The number of hydrogen-bond acceptors (Lipinski definition) is 2. The van der Waals surface area contributed by atoms with Gasteiger partial charge < -0.3 is 11.1 Å². The lowest BCUT2D eigenvalue weighted by atomic mass is 9.83. The van der Waals surface area contributed by atoms with Gasteiger partial charge in [-0.3, -0.25) is 4.79 Å². The molecule has 1 aliphatic rings. The largest absolute Gasteiger partial charge is 0.354 e. The Morgan fingerprint density at radius 3 is 2.30 bits per heavy atom. The molecule has 0 aromatic carbocycles. The average Bonchev–Trinajstić information content (AvgIpc) is 2.45. The van der Waals surface area contributed by atoms with Crippen molar-refractivity contribution in [3.8, 4) is 0 Å². The highest BCUT2D eigenvalue weighted by atomic mass is 35.5. The molecule has 120 valence electrons. The van der Waals surface area contributed by atoms with Gasteiger partial charge in [0.2, 0.25) is 5.91 Å². The zero-order chi connectivity index (χ0) is 14.3. The molecular formula is C16H33ClN2O. The second-order valence-electron chi connectivity index (χ2n) is 6.43. The molecule has 1 atom stereocenters. The lowest BCUT2D eigenvalue weighted by molar-refractivity contribution is -0.125. The summed E-state index contributed by atoms with van der Waals surface area (Å²) in [7, 11) is 0. The molecule has 0 aromatic rings. The van der Waals surface area contributed by atoms with E-state index in [0.717, 1.165) is 25.2 Å². The number of carbonyl (C=O) groups excluding carboxylic acids is 1. The van der Waals surface area contributed by atoms with Crippen molar-refractivity contribution in [1.29, 1.82) is 0 Å². The maximum absolute atomic E-state index is 12.1. The highest BCUT2D eigenvalue weighted by Gasteiger charge is 2.24. The zero-order valence-corrected chi connectivity index (χ0v) is 14.2. The Morgan fingerprint density at radius 2 is 1.80 bits per heavy atom. The summed E-state index contributed by atoms with van der Waals surface area (Å²) in [6.07, 6.45) is 9.53. The van der Waals surface area contributed by atoms with E-state index in [-0.39, 0.29) is 29.8 Å². The molecule has 1 rings (SSSR count). The van der Waals surface area contributed by atoms with Crippen LogP contribution in [0.5, 0.6) is 0 Å². The van der Waals surface area contributed by atoms with E-state index in [2.05, 4.69) is 26.1 Å². The maximum atomic E-state index is 12.1. The van der Waals surface area contributed by atoms with Gasteiger partial charge >= 0.3 is 0 Å². The first-order valence-electron chi connectivity index (χ1n) is 8.07. The molecule has 0 spiro atoms. The minimum Gasteiger partial charge on any atom is -0.354 e. The molecule has 20 heavy (non-hydrogen) atoms. The molecule has 1 unspecified atom stereocenters. The first-order valence-corrected chi connectivity index (χ1v) is 8.07. The molecule has 1 amide bonds. The van der Waals surface area contributed by atoms with Crippen LogP contribution in [0.3, 0.4) is 0 Å². The number of halogens is 1. The molecule has 0 radical (unpaired) electrons. The Morgan fingerprint density at radius 1 is 1.25 bits per heavy atom. The molecule has 1 fully saturated rings. The van der Waals surface area contributed by atoms with Crippen LogP contribution in [-0.4, -0.2) is 18.0 Å². The molecule has 3 N–H and O–H groups in total. The normalized spacial score (nSPS) is 18.2. The predicted octanol–water partition coefficient (Wildman–Crippen LogP) is 3.65. The average molecular weight is 305 g/mol. The summed E-state index contributed by atoms with van der Waals surface area (Å²) in [5.74, 6) is 1.07. The minimum atomic E-state index is -0.236. The van der Waals surface area contributed by atoms with E-state index in [1.807, 2.05) is 0 Å². The van der Waals surface area contributed by atoms with Gasteiger partial charge in [-0.2, -0.15) is 0 Å². The van der Waals surface area contributed by atoms with Crippen LogP contribution in [0.2, 0.25) is 0 Å². The third kappa shape index (κ3) is 6.45. The highest BCUT2D eigenvalue weighted by Crippen LogP contribution is 2.29. The second-order valence-corrected chi connectivity index (χ2v) is 6.43. The maximum Gasteiger partial charge on any atom is 0.222 e. The predicted molar refractivity (Wildman–Crippen MR) is 88.1 cm³/mol. The van der Waals surface area contributed by atoms with Gasteiger partial charge in [0.25, 0.3) is 0 Å². The van der Waals surface area contributed by atoms with Crippen LogP contribution in [0.15, 0.2) is 0 Å². The van der Waals surface area contributed by atoms with Gasteiger partial charge in [-0.25, -0.2) is 0 Å². The third-order valence-electron chi connectivity index (χ3n) is 4.88. The summed E-state index contributed by atoms with van der Waals surface area (Å²) in [5.41, 5.74) is 5.98. The first-order chi connectivity index (χ1) is 9.00. The van der Waals surface area contributed by atoms with Crippen molar-refractivity contribution in [2.24, 2.45) is 17.6 Å².